The highest BCUT2D eigenvalue weighted by Gasteiger charge is 2.26. The fourth-order valence-electron chi connectivity index (χ4n) is 3.11. The summed E-state index contributed by atoms with van der Waals surface area (Å²) in [6.07, 6.45) is 4.39. The van der Waals surface area contributed by atoms with Gasteiger partial charge in [0.1, 0.15) is 0 Å². The maximum absolute atomic E-state index is 6.36. The van der Waals surface area contributed by atoms with E-state index in [9.17, 15) is 0 Å². The fraction of sp³-hybridized carbons (Fsp3) is 0.368. The van der Waals surface area contributed by atoms with E-state index in [4.69, 9.17) is 10.5 Å². The Balaban J connectivity index is 1.48. The van der Waals surface area contributed by atoms with Crippen LogP contribution < -0.4 is 5.73 Å². The molecular formula is C19H23NO. The van der Waals surface area contributed by atoms with E-state index in [1.54, 1.807) is 0 Å². The highest BCUT2D eigenvalue weighted by Crippen LogP contribution is 2.30. The second-order valence-corrected chi connectivity index (χ2v) is 5.76. The summed E-state index contributed by atoms with van der Waals surface area (Å²) in [6, 6.07) is 19.1. The number of ether oxygens (including phenoxy) is 1. The van der Waals surface area contributed by atoms with Gasteiger partial charge in [-0.05, 0) is 42.4 Å². The largest absolute Gasteiger partial charge is 0.376 e. The van der Waals surface area contributed by atoms with Gasteiger partial charge in [0.15, 0.2) is 0 Å². The smallest absolute Gasteiger partial charge is 0.0770 e. The molecule has 0 bridgehead atoms. The lowest BCUT2D eigenvalue weighted by atomic mass is 9.86. The van der Waals surface area contributed by atoms with E-state index >= 15 is 0 Å². The van der Waals surface area contributed by atoms with Gasteiger partial charge in [-0.3, -0.25) is 0 Å². The highest BCUT2D eigenvalue weighted by atomic mass is 16.5. The van der Waals surface area contributed by atoms with Crippen LogP contribution in [0.5, 0.6) is 0 Å². The monoisotopic (exact) mass is 281 g/mol. The number of hydrogen-bond donors (Lipinski definition) is 1. The number of hydrogen-bond acceptors (Lipinski definition) is 2. The molecule has 0 saturated carbocycles. The molecule has 1 aliphatic rings. The minimum Gasteiger partial charge on any atom is -0.376 e. The van der Waals surface area contributed by atoms with Gasteiger partial charge in [0.25, 0.3) is 0 Å². The number of benzene rings is 2. The minimum atomic E-state index is 0.0201. The zero-order chi connectivity index (χ0) is 14.5. The van der Waals surface area contributed by atoms with Crippen molar-refractivity contribution in [3.63, 3.8) is 0 Å². The summed E-state index contributed by atoms with van der Waals surface area (Å²) in [6.45, 7) is 0.787. The van der Waals surface area contributed by atoms with E-state index in [1.807, 2.05) is 0 Å². The molecule has 0 saturated heterocycles. The van der Waals surface area contributed by atoms with Gasteiger partial charge in [0.05, 0.1) is 12.1 Å². The predicted molar refractivity (Wildman–Crippen MR) is 86.2 cm³/mol. The number of aryl methyl sites for hydroxylation is 2. The Morgan fingerprint density at radius 3 is 2.62 bits per heavy atom. The van der Waals surface area contributed by atoms with Gasteiger partial charge in [-0.15, -0.1) is 0 Å². The fourth-order valence-corrected chi connectivity index (χ4v) is 3.11. The van der Waals surface area contributed by atoms with Crippen LogP contribution in [0.25, 0.3) is 0 Å². The van der Waals surface area contributed by atoms with E-state index in [2.05, 4.69) is 54.6 Å². The lowest BCUT2D eigenvalue weighted by Gasteiger charge is -2.31. The van der Waals surface area contributed by atoms with Gasteiger partial charge in [-0.2, -0.15) is 0 Å². The summed E-state index contributed by atoms with van der Waals surface area (Å²) in [4.78, 5) is 0. The highest BCUT2D eigenvalue weighted by molar-refractivity contribution is 5.33. The van der Waals surface area contributed by atoms with Gasteiger partial charge in [-0.25, -0.2) is 0 Å². The van der Waals surface area contributed by atoms with E-state index < -0.39 is 0 Å². The number of nitrogens with two attached hydrogens (primary N) is 1. The SMILES string of the molecule is NC1c2ccccc2CCC1OCCCc1ccccc1. The summed E-state index contributed by atoms with van der Waals surface area (Å²) in [5.74, 6) is 0. The quantitative estimate of drug-likeness (QED) is 0.849. The van der Waals surface area contributed by atoms with Gasteiger partial charge < -0.3 is 10.5 Å². The first-order chi connectivity index (χ1) is 10.3. The molecule has 0 fully saturated rings. The zero-order valence-corrected chi connectivity index (χ0v) is 12.4. The molecule has 2 nitrogen and oxygen atoms in total. The summed E-state index contributed by atoms with van der Waals surface area (Å²) < 4.78 is 6.05. The van der Waals surface area contributed by atoms with Crippen molar-refractivity contribution in [3.8, 4) is 0 Å². The average Bonchev–Trinajstić information content (AvgIpc) is 2.55. The number of rotatable bonds is 5. The van der Waals surface area contributed by atoms with Crippen LogP contribution in [0, 0.1) is 0 Å². The third-order valence-electron chi connectivity index (χ3n) is 4.30. The molecule has 110 valence electrons. The van der Waals surface area contributed by atoms with Crippen molar-refractivity contribution >= 4 is 0 Å². The Morgan fingerprint density at radius 1 is 1.00 bits per heavy atom. The van der Waals surface area contributed by atoms with Gasteiger partial charge >= 0.3 is 0 Å². The van der Waals surface area contributed by atoms with E-state index in [1.165, 1.54) is 16.7 Å². The molecule has 2 heteroatoms. The van der Waals surface area contributed by atoms with Crippen molar-refractivity contribution in [1.29, 1.82) is 0 Å². The first kappa shape index (κ1) is 14.3. The lowest BCUT2D eigenvalue weighted by molar-refractivity contribution is 0.0240. The number of fused-ring (bicyclic) bond motifs is 1. The summed E-state index contributed by atoms with van der Waals surface area (Å²) >= 11 is 0. The van der Waals surface area contributed by atoms with Crippen molar-refractivity contribution < 1.29 is 4.74 Å². The van der Waals surface area contributed by atoms with Crippen molar-refractivity contribution in [2.24, 2.45) is 5.73 Å². The second kappa shape index (κ2) is 6.88. The topological polar surface area (TPSA) is 35.2 Å². The third kappa shape index (κ3) is 3.52. The van der Waals surface area contributed by atoms with Crippen LogP contribution >= 0.6 is 0 Å². The molecule has 2 unspecified atom stereocenters. The van der Waals surface area contributed by atoms with Crippen LogP contribution in [0.3, 0.4) is 0 Å². The average molecular weight is 281 g/mol. The molecule has 2 N–H and O–H groups in total. The van der Waals surface area contributed by atoms with Crippen LogP contribution in [0.2, 0.25) is 0 Å². The normalized spacial score (nSPS) is 21.0. The standard InChI is InChI=1S/C19H23NO/c20-19-17-11-5-4-10-16(17)12-13-18(19)21-14-6-9-15-7-2-1-3-8-15/h1-5,7-8,10-11,18-19H,6,9,12-14,20H2. The molecule has 21 heavy (non-hydrogen) atoms. The molecule has 1 aliphatic carbocycles. The minimum absolute atomic E-state index is 0.0201. The van der Waals surface area contributed by atoms with Crippen LogP contribution in [0.4, 0.5) is 0 Å². The third-order valence-corrected chi connectivity index (χ3v) is 4.30. The molecule has 0 heterocycles. The van der Waals surface area contributed by atoms with E-state index in [0.29, 0.717) is 0 Å². The molecule has 0 amide bonds. The molecule has 2 aromatic rings. The second-order valence-electron chi connectivity index (χ2n) is 5.76. The molecule has 0 spiro atoms. The molecule has 2 aromatic carbocycles. The van der Waals surface area contributed by atoms with Crippen molar-refractivity contribution in [2.45, 2.75) is 37.8 Å². The van der Waals surface area contributed by atoms with Crippen LogP contribution in [-0.4, -0.2) is 12.7 Å². The Hall–Kier alpha value is -1.64. The van der Waals surface area contributed by atoms with Crippen molar-refractivity contribution in [1.82, 2.24) is 0 Å². The van der Waals surface area contributed by atoms with E-state index in [0.717, 1.165) is 32.3 Å². The van der Waals surface area contributed by atoms with Crippen molar-refractivity contribution in [3.05, 3.63) is 71.3 Å². The summed E-state index contributed by atoms with van der Waals surface area (Å²) in [5, 5.41) is 0. The van der Waals surface area contributed by atoms with Crippen molar-refractivity contribution in [2.75, 3.05) is 6.61 Å². The molecular weight excluding hydrogens is 258 g/mol. The van der Waals surface area contributed by atoms with Crippen LogP contribution in [-0.2, 0) is 17.6 Å². The van der Waals surface area contributed by atoms with E-state index in [-0.39, 0.29) is 12.1 Å². The maximum atomic E-state index is 6.36. The molecule has 0 radical (unpaired) electrons. The van der Waals surface area contributed by atoms with Crippen LogP contribution in [0.1, 0.15) is 35.6 Å². The summed E-state index contributed by atoms with van der Waals surface area (Å²) in [5.41, 5.74) is 10.4. The Labute approximate surface area is 126 Å². The zero-order valence-electron chi connectivity index (χ0n) is 12.4. The van der Waals surface area contributed by atoms with Gasteiger partial charge in [0.2, 0.25) is 0 Å². The Kier molecular flexibility index (Phi) is 4.69. The first-order valence-corrected chi connectivity index (χ1v) is 7.83. The molecule has 0 aliphatic heterocycles. The van der Waals surface area contributed by atoms with Gasteiger partial charge in [-0.1, -0.05) is 54.6 Å². The Morgan fingerprint density at radius 2 is 1.76 bits per heavy atom. The summed E-state index contributed by atoms with van der Waals surface area (Å²) in [7, 11) is 0. The van der Waals surface area contributed by atoms with Gasteiger partial charge in [0, 0.05) is 6.61 Å². The predicted octanol–water partition coefficient (Wildman–Crippen LogP) is 3.65. The Bertz CT molecular complexity index is 567. The molecule has 2 atom stereocenters. The van der Waals surface area contributed by atoms with Crippen LogP contribution in [0.15, 0.2) is 54.6 Å². The molecule has 3 rings (SSSR count). The first-order valence-electron chi connectivity index (χ1n) is 7.83. The maximum Gasteiger partial charge on any atom is 0.0770 e. The molecule has 0 aromatic heterocycles. The lowest BCUT2D eigenvalue weighted by Crippen LogP contribution is -2.34.